The van der Waals surface area contributed by atoms with Gasteiger partial charge in [0.2, 0.25) is 0 Å². The molecule has 2 aromatic heterocycles. The van der Waals surface area contributed by atoms with Crippen LogP contribution >= 0.6 is 22.9 Å². The predicted octanol–water partition coefficient (Wildman–Crippen LogP) is 4.51. The first-order chi connectivity index (χ1) is 11.6. The number of halogens is 1. The number of benzene rings is 1. The van der Waals surface area contributed by atoms with Crippen molar-refractivity contribution in [2.75, 3.05) is 6.61 Å². The average Bonchev–Trinajstić information content (AvgIpc) is 3.13. The first-order valence-corrected chi connectivity index (χ1v) is 8.59. The lowest BCUT2D eigenvalue weighted by Gasteiger charge is -2.02. The molecule has 0 atom stereocenters. The third-order valence-electron chi connectivity index (χ3n) is 3.48. The lowest BCUT2D eigenvalue weighted by atomic mass is 10.3. The molecule has 0 aliphatic rings. The van der Waals surface area contributed by atoms with Gasteiger partial charge in [-0.1, -0.05) is 11.6 Å². The molecule has 0 radical (unpaired) electrons. The monoisotopic (exact) mass is 359 g/mol. The van der Waals surface area contributed by atoms with E-state index in [9.17, 15) is 4.79 Å². The van der Waals surface area contributed by atoms with E-state index in [1.807, 2.05) is 25.1 Å². The highest BCUT2D eigenvalue weighted by Crippen LogP contribution is 2.31. The normalized spacial score (nSPS) is 10.7. The molecule has 0 bridgehead atoms. The van der Waals surface area contributed by atoms with Crippen LogP contribution in [0, 0.1) is 18.3 Å². The van der Waals surface area contributed by atoms with Crippen LogP contribution in [0.15, 0.2) is 30.3 Å². The van der Waals surface area contributed by atoms with Crippen molar-refractivity contribution in [3.63, 3.8) is 0 Å². The van der Waals surface area contributed by atoms with Gasteiger partial charge >= 0.3 is 5.97 Å². The van der Waals surface area contributed by atoms with Gasteiger partial charge in [0.1, 0.15) is 9.71 Å². The quantitative estimate of drug-likeness (QED) is 0.496. The smallest absolute Gasteiger partial charge is 0.348 e. The van der Waals surface area contributed by atoms with E-state index in [-0.39, 0.29) is 12.6 Å². The van der Waals surface area contributed by atoms with Crippen LogP contribution in [0.2, 0.25) is 5.02 Å². The van der Waals surface area contributed by atoms with Gasteiger partial charge < -0.3 is 4.74 Å². The van der Waals surface area contributed by atoms with Gasteiger partial charge in [-0.05, 0) is 43.7 Å². The van der Waals surface area contributed by atoms with Crippen LogP contribution in [0.4, 0.5) is 0 Å². The van der Waals surface area contributed by atoms with Crippen molar-refractivity contribution in [2.24, 2.45) is 0 Å². The second-order valence-electron chi connectivity index (χ2n) is 5.20. The number of aromatic nitrogens is 2. The standard InChI is InChI=1S/C17H14ClN3O2S/c1-11-14-10-15(17(22)23-9-3-2-8-19)24-16(14)21(20-11)13-6-4-12(18)5-7-13/h4-7,10H,2-3,9H2,1H3. The van der Waals surface area contributed by atoms with Gasteiger partial charge in [0, 0.05) is 16.8 Å². The highest BCUT2D eigenvalue weighted by Gasteiger charge is 2.18. The number of hydrogen-bond acceptors (Lipinski definition) is 5. The van der Waals surface area contributed by atoms with Crippen LogP contribution in [0.1, 0.15) is 28.2 Å². The van der Waals surface area contributed by atoms with Crippen molar-refractivity contribution >= 4 is 39.1 Å². The Morgan fingerprint density at radius 3 is 2.88 bits per heavy atom. The summed E-state index contributed by atoms with van der Waals surface area (Å²) in [5, 5.41) is 14.6. The molecule has 0 saturated carbocycles. The van der Waals surface area contributed by atoms with Crippen LogP contribution < -0.4 is 0 Å². The second kappa shape index (κ2) is 7.04. The molecule has 5 nitrogen and oxygen atoms in total. The topological polar surface area (TPSA) is 67.9 Å². The fraction of sp³-hybridized carbons (Fsp3) is 0.235. The van der Waals surface area contributed by atoms with Gasteiger partial charge in [-0.15, -0.1) is 11.3 Å². The summed E-state index contributed by atoms with van der Waals surface area (Å²) in [6.45, 7) is 2.16. The largest absolute Gasteiger partial charge is 0.461 e. The Labute approximate surface area is 148 Å². The number of esters is 1. The number of ether oxygens (including phenoxy) is 1. The lowest BCUT2D eigenvalue weighted by Crippen LogP contribution is -2.04. The van der Waals surface area contributed by atoms with Crippen molar-refractivity contribution in [1.29, 1.82) is 5.26 Å². The maximum absolute atomic E-state index is 12.1. The van der Waals surface area contributed by atoms with E-state index >= 15 is 0 Å². The summed E-state index contributed by atoms with van der Waals surface area (Å²) in [4.78, 5) is 13.6. The number of unbranched alkanes of at least 4 members (excludes halogenated alkanes) is 1. The van der Waals surface area contributed by atoms with Gasteiger partial charge in [0.15, 0.2) is 0 Å². The molecule has 0 amide bonds. The Hall–Kier alpha value is -2.36. The molecule has 0 aliphatic carbocycles. The van der Waals surface area contributed by atoms with Crippen LogP contribution in [-0.2, 0) is 4.74 Å². The number of carbonyl (C=O) groups is 1. The third kappa shape index (κ3) is 3.28. The van der Waals surface area contributed by atoms with Gasteiger partial charge in [-0.25, -0.2) is 9.48 Å². The molecule has 3 rings (SSSR count). The minimum Gasteiger partial charge on any atom is -0.461 e. The highest BCUT2D eigenvalue weighted by atomic mass is 35.5. The van der Waals surface area contributed by atoms with Crippen molar-refractivity contribution in [2.45, 2.75) is 19.8 Å². The van der Waals surface area contributed by atoms with E-state index in [4.69, 9.17) is 21.6 Å². The molecular formula is C17H14ClN3O2S. The summed E-state index contributed by atoms with van der Waals surface area (Å²) in [5.74, 6) is -0.365. The second-order valence-corrected chi connectivity index (χ2v) is 6.67. The molecule has 0 N–H and O–H groups in total. The molecule has 122 valence electrons. The number of hydrogen-bond donors (Lipinski definition) is 0. The third-order valence-corrected chi connectivity index (χ3v) is 4.83. The SMILES string of the molecule is Cc1nn(-c2ccc(Cl)cc2)c2sc(C(=O)OCCCC#N)cc12. The number of thiophene rings is 1. The summed E-state index contributed by atoms with van der Waals surface area (Å²) in [7, 11) is 0. The van der Waals surface area contributed by atoms with Crippen LogP contribution in [0.25, 0.3) is 15.9 Å². The molecule has 0 saturated heterocycles. The van der Waals surface area contributed by atoms with E-state index < -0.39 is 0 Å². The molecule has 1 aromatic carbocycles. The first kappa shape index (κ1) is 16.5. The number of rotatable bonds is 5. The van der Waals surface area contributed by atoms with Crippen molar-refractivity contribution in [3.05, 3.63) is 45.9 Å². The Morgan fingerprint density at radius 2 is 2.17 bits per heavy atom. The van der Waals surface area contributed by atoms with Crippen LogP contribution in [-0.4, -0.2) is 22.4 Å². The van der Waals surface area contributed by atoms with E-state index in [0.29, 0.717) is 22.7 Å². The molecule has 0 fully saturated rings. The zero-order valence-electron chi connectivity index (χ0n) is 13.0. The number of nitriles is 1. The van der Waals surface area contributed by atoms with E-state index in [1.165, 1.54) is 11.3 Å². The molecule has 2 heterocycles. The predicted molar refractivity (Wildman–Crippen MR) is 93.8 cm³/mol. The number of aryl methyl sites for hydroxylation is 1. The first-order valence-electron chi connectivity index (χ1n) is 7.39. The van der Waals surface area contributed by atoms with Gasteiger partial charge in [0.05, 0.1) is 24.1 Å². The average molecular weight is 360 g/mol. The number of nitrogens with zero attached hydrogens (tertiary/aromatic N) is 3. The maximum atomic E-state index is 12.1. The zero-order chi connectivity index (χ0) is 17.1. The molecule has 0 spiro atoms. The van der Waals surface area contributed by atoms with Crippen molar-refractivity contribution in [1.82, 2.24) is 9.78 Å². The highest BCUT2D eigenvalue weighted by molar-refractivity contribution is 7.20. The Bertz CT molecular complexity index is 922. The van der Waals surface area contributed by atoms with Gasteiger partial charge in [0.25, 0.3) is 0 Å². The fourth-order valence-corrected chi connectivity index (χ4v) is 3.49. The molecule has 3 aromatic rings. The molecule has 0 aliphatic heterocycles. The molecule has 7 heteroatoms. The van der Waals surface area contributed by atoms with E-state index in [0.717, 1.165) is 21.6 Å². The molecule has 24 heavy (non-hydrogen) atoms. The van der Waals surface area contributed by atoms with Gasteiger partial charge in [-0.2, -0.15) is 10.4 Å². The minimum absolute atomic E-state index is 0.253. The number of fused-ring (bicyclic) bond motifs is 1. The summed E-state index contributed by atoms with van der Waals surface area (Å²) in [5.41, 5.74) is 1.73. The zero-order valence-corrected chi connectivity index (χ0v) is 14.5. The Balaban J connectivity index is 1.88. The van der Waals surface area contributed by atoms with Crippen molar-refractivity contribution in [3.8, 4) is 11.8 Å². The maximum Gasteiger partial charge on any atom is 0.348 e. The number of carbonyl (C=O) groups excluding carboxylic acids is 1. The molecule has 0 unspecified atom stereocenters. The minimum atomic E-state index is -0.365. The lowest BCUT2D eigenvalue weighted by molar-refractivity contribution is 0.0507. The summed E-state index contributed by atoms with van der Waals surface area (Å²) in [6, 6.07) is 11.2. The summed E-state index contributed by atoms with van der Waals surface area (Å²) >= 11 is 7.27. The molecular weight excluding hydrogens is 346 g/mol. The van der Waals surface area contributed by atoms with E-state index in [1.54, 1.807) is 22.9 Å². The van der Waals surface area contributed by atoms with Gasteiger partial charge in [-0.3, -0.25) is 0 Å². The summed E-state index contributed by atoms with van der Waals surface area (Å²) in [6.07, 6.45) is 0.926. The van der Waals surface area contributed by atoms with Crippen LogP contribution in [0.3, 0.4) is 0 Å². The van der Waals surface area contributed by atoms with E-state index in [2.05, 4.69) is 5.10 Å². The van der Waals surface area contributed by atoms with Crippen molar-refractivity contribution < 1.29 is 9.53 Å². The van der Waals surface area contributed by atoms with Crippen LogP contribution in [0.5, 0.6) is 0 Å². The summed E-state index contributed by atoms with van der Waals surface area (Å²) < 4.78 is 7.01. The Morgan fingerprint density at radius 1 is 1.42 bits per heavy atom. The fourth-order valence-electron chi connectivity index (χ4n) is 2.29. The Kier molecular flexibility index (Phi) is 4.84.